The molecule has 1 aromatic rings. The largest absolute Gasteiger partial charge is 0.480 e. The van der Waals surface area contributed by atoms with Crippen molar-refractivity contribution in [3.8, 4) is 0 Å². The normalized spacial score (nSPS) is 23.5. The predicted octanol–water partition coefficient (Wildman–Crippen LogP) is 1.54. The van der Waals surface area contributed by atoms with Gasteiger partial charge in [-0.25, -0.2) is 0 Å². The molecule has 0 spiro atoms. The summed E-state index contributed by atoms with van der Waals surface area (Å²) in [7, 11) is 4.07. The first-order valence-corrected chi connectivity index (χ1v) is 6.95. The molecular weight excluding hydrogens is 248 g/mol. The van der Waals surface area contributed by atoms with Crippen LogP contribution in [0.1, 0.15) is 16.5 Å². The van der Waals surface area contributed by atoms with Crippen LogP contribution in [0.4, 0.5) is 0 Å². The summed E-state index contributed by atoms with van der Waals surface area (Å²) < 4.78 is 0. The van der Waals surface area contributed by atoms with Gasteiger partial charge in [0.25, 0.3) is 0 Å². The topological polar surface area (TPSA) is 52.6 Å². The van der Waals surface area contributed by atoms with Crippen LogP contribution < -0.4 is 5.32 Å². The highest BCUT2D eigenvalue weighted by molar-refractivity contribution is 7.99. The first kappa shape index (κ1) is 13.4. The van der Waals surface area contributed by atoms with Gasteiger partial charge in [-0.1, -0.05) is 24.3 Å². The number of hydrogen-bond acceptors (Lipinski definition) is 4. The van der Waals surface area contributed by atoms with Crippen LogP contribution in [0.3, 0.4) is 0 Å². The molecule has 1 aliphatic rings. The number of hydrogen-bond donors (Lipinski definition) is 2. The molecule has 0 aliphatic carbocycles. The molecule has 2 unspecified atom stereocenters. The van der Waals surface area contributed by atoms with Crippen LogP contribution in [0.25, 0.3) is 0 Å². The lowest BCUT2D eigenvalue weighted by Crippen LogP contribution is -2.33. The highest BCUT2D eigenvalue weighted by Gasteiger charge is 2.30. The lowest BCUT2D eigenvalue weighted by molar-refractivity contribution is -0.138. The van der Waals surface area contributed by atoms with Crippen LogP contribution in [-0.2, 0) is 11.3 Å². The van der Waals surface area contributed by atoms with Crippen molar-refractivity contribution < 1.29 is 9.90 Å². The van der Waals surface area contributed by atoms with Gasteiger partial charge in [-0.15, -0.1) is 11.8 Å². The predicted molar refractivity (Wildman–Crippen MR) is 73.6 cm³/mol. The lowest BCUT2D eigenvalue weighted by atomic mass is 10.1. The maximum atomic E-state index is 10.9. The van der Waals surface area contributed by atoms with E-state index in [1.807, 2.05) is 26.2 Å². The Morgan fingerprint density at radius 1 is 1.56 bits per heavy atom. The number of rotatable bonds is 4. The van der Waals surface area contributed by atoms with Crippen molar-refractivity contribution >= 4 is 17.7 Å². The number of carboxylic acid groups (broad SMARTS) is 1. The third-order valence-corrected chi connectivity index (χ3v) is 4.10. The fourth-order valence-corrected chi connectivity index (χ4v) is 3.25. The zero-order valence-corrected chi connectivity index (χ0v) is 11.4. The molecule has 0 radical (unpaired) electrons. The average Bonchev–Trinajstić information content (AvgIpc) is 2.77. The third kappa shape index (κ3) is 3.25. The zero-order valence-electron chi connectivity index (χ0n) is 10.6. The maximum Gasteiger partial charge on any atom is 0.321 e. The van der Waals surface area contributed by atoms with E-state index in [0.29, 0.717) is 5.75 Å². The molecule has 2 N–H and O–H groups in total. The lowest BCUT2D eigenvalue weighted by Gasteiger charge is -2.14. The zero-order chi connectivity index (χ0) is 13.1. The van der Waals surface area contributed by atoms with Crippen molar-refractivity contribution in [2.45, 2.75) is 18.0 Å². The summed E-state index contributed by atoms with van der Waals surface area (Å²) in [5.74, 6) is -0.146. The van der Waals surface area contributed by atoms with E-state index in [4.69, 9.17) is 5.11 Å². The minimum absolute atomic E-state index is 0.0909. The highest BCUT2D eigenvalue weighted by atomic mass is 32.2. The number of nitrogens with zero attached hydrogens (tertiary/aromatic N) is 1. The average molecular weight is 266 g/mol. The van der Waals surface area contributed by atoms with Crippen LogP contribution in [0.15, 0.2) is 24.3 Å². The van der Waals surface area contributed by atoms with E-state index in [-0.39, 0.29) is 5.37 Å². The van der Waals surface area contributed by atoms with Crippen molar-refractivity contribution in [1.29, 1.82) is 0 Å². The van der Waals surface area contributed by atoms with Crippen LogP contribution in [0, 0.1) is 0 Å². The number of thioether (sulfide) groups is 1. The number of benzene rings is 1. The Morgan fingerprint density at radius 2 is 2.33 bits per heavy atom. The maximum absolute atomic E-state index is 10.9. The Morgan fingerprint density at radius 3 is 2.94 bits per heavy atom. The molecule has 1 saturated heterocycles. The summed E-state index contributed by atoms with van der Waals surface area (Å²) >= 11 is 1.65. The highest BCUT2D eigenvalue weighted by Crippen LogP contribution is 2.33. The van der Waals surface area contributed by atoms with Gasteiger partial charge in [0.1, 0.15) is 6.04 Å². The smallest absolute Gasteiger partial charge is 0.321 e. The Hall–Kier alpha value is -1.04. The molecule has 0 aromatic heterocycles. The standard InChI is InChI=1S/C13H18N2O2S/c1-15(2)7-9-4-3-5-10(6-9)12-14-11(8-18-12)13(16)17/h3-6,11-12,14H,7-8H2,1-2H3,(H,16,17). The van der Waals surface area contributed by atoms with Gasteiger partial charge in [0, 0.05) is 12.3 Å². The quantitative estimate of drug-likeness (QED) is 0.865. The van der Waals surface area contributed by atoms with Crippen molar-refractivity contribution in [2.24, 2.45) is 0 Å². The molecule has 1 heterocycles. The molecule has 4 nitrogen and oxygen atoms in total. The first-order valence-electron chi connectivity index (χ1n) is 5.90. The fourth-order valence-electron chi connectivity index (χ4n) is 2.03. The Kier molecular flexibility index (Phi) is 4.27. The molecule has 2 rings (SSSR count). The van der Waals surface area contributed by atoms with Crippen LogP contribution in [0.5, 0.6) is 0 Å². The van der Waals surface area contributed by atoms with Gasteiger partial charge >= 0.3 is 5.97 Å². The summed E-state index contributed by atoms with van der Waals surface area (Å²) in [5, 5.41) is 12.2. The third-order valence-electron chi connectivity index (χ3n) is 2.83. The van der Waals surface area contributed by atoms with E-state index in [1.165, 1.54) is 5.56 Å². The Labute approximate surface area is 111 Å². The number of aliphatic carboxylic acids is 1. The number of carboxylic acids is 1. The molecule has 18 heavy (non-hydrogen) atoms. The summed E-state index contributed by atoms with van der Waals surface area (Å²) in [6.07, 6.45) is 0. The number of carbonyl (C=O) groups is 1. The SMILES string of the molecule is CN(C)Cc1cccc(C2NC(C(=O)O)CS2)c1. The fraction of sp³-hybridized carbons (Fsp3) is 0.462. The molecule has 0 amide bonds. The molecular formula is C13H18N2O2S. The molecule has 0 bridgehead atoms. The van der Waals surface area contributed by atoms with Crippen molar-refractivity contribution in [2.75, 3.05) is 19.8 Å². The first-order chi connectivity index (χ1) is 8.56. The summed E-state index contributed by atoms with van der Waals surface area (Å²) in [6.45, 7) is 0.896. The van der Waals surface area contributed by atoms with E-state index in [1.54, 1.807) is 11.8 Å². The van der Waals surface area contributed by atoms with Crippen LogP contribution >= 0.6 is 11.8 Å². The minimum Gasteiger partial charge on any atom is -0.480 e. The van der Waals surface area contributed by atoms with Crippen molar-refractivity contribution in [3.63, 3.8) is 0 Å². The van der Waals surface area contributed by atoms with Gasteiger partial charge in [-0.05, 0) is 25.2 Å². The van der Waals surface area contributed by atoms with E-state index in [9.17, 15) is 4.79 Å². The Bertz CT molecular complexity index is 437. The molecule has 5 heteroatoms. The van der Waals surface area contributed by atoms with Crippen LogP contribution in [0.2, 0.25) is 0 Å². The molecule has 0 saturated carbocycles. The molecule has 2 atom stereocenters. The summed E-state index contributed by atoms with van der Waals surface area (Å²) in [5.41, 5.74) is 2.40. The second-order valence-corrected chi connectivity index (χ2v) is 5.89. The van der Waals surface area contributed by atoms with E-state index < -0.39 is 12.0 Å². The molecule has 1 fully saturated rings. The van der Waals surface area contributed by atoms with E-state index in [0.717, 1.165) is 12.1 Å². The summed E-state index contributed by atoms with van der Waals surface area (Å²) in [6, 6.07) is 7.89. The second kappa shape index (κ2) is 5.73. The molecule has 1 aliphatic heterocycles. The van der Waals surface area contributed by atoms with Crippen LogP contribution in [-0.4, -0.2) is 41.9 Å². The van der Waals surface area contributed by atoms with E-state index in [2.05, 4.69) is 22.3 Å². The van der Waals surface area contributed by atoms with Gasteiger partial charge in [0.2, 0.25) is 0 Å². The number of nitrogens with one attached hydrogen (secondary N) is 1. The van der Waals surface area contributed by atoms with Gasteiger partial charge in [0.15, 0.2) is 0 Å². The Balaban J connectivity index is 2.07. The van der Waals surface area contributed by atoms with E-state index >= 15 is 0 Å². The molecule has 98 valence electrons. The van der Waals surface area contributed by atoms with Crippen molar-refractivity contribution in [1.82, 2.24) is 10.2 Å². The molecule has 1 aromatic carbocycles. The van der Waals surface area contributed by atoms with Gasteiger partial charge in [-0.3, -0.25) is 10.1 Å². The van der Waals surface area contributed by atoms with Crippen molar-refractivity contribution in [3.05, 3.63) is 35.4 Å². The summed E-state index contributed by atoms with van der Waals surface area (Å²) in [4.78, 5) is 13.0. The van der Waals surface area contributed by atoms with Gasteiger partial charge in [-0.2, -0.15) is 0 Å². The van der Waals surface area contributed by atoms with Gasteiger partial charge < -0.3 is 10.0 Å². The van der Waals surface area contributed by atoms with Gasteiger partial charge in [0.05, 0.1) is 5.37 Å². The monoisotopic (exact) mass is 266 g/mol. The second-order valence-electron chi connectivity index (χ2n) is 4.75. The minimum atomic E-state index is -0.769.